The molecule has 58 heavy (non-hydrogen) atoms. The highest BCUT2D eigenvalue weighted by atomic mass is 32.2. The summed E-state index contributed by atoms with van der Waals surface area (Å²) >= 11 is -1.76. The number of fused-ring (bicyclic) bond motifs is 3. The number of allylic oxidation sites excluding steroid dienone is 1. The summed E-state index contributed by atoms with van der Waals surface area (Å²) in [4.78, 5) is 63.3. The molecule has 3 aromatic rings. The zero-order valence-electron chi connectivity index (χ0n) is 32.8. The number of nitrogens with one attached hydrogen (secondary N) is 1. The summed E-state index contributed by atoms with van der Waals surface area (Å²) < 4.78 is 37.2. The molecule has 2 saturated heterocycles. The van der Waals surface area contributed by atoms with E-state index in [2.05, 4.69) is 11.4 Å². The second kappa shape index (κ2) is 18.4. The Morgan fingerprint density at radius 1 is 1.05 bits per heavy atom. The summed E-state index contributed by atoms with van der Waals surface area (Å²) in [6.45, 7) is 2.05. The minimum absolute atomic E-state index is 0.0185. The minimum atomic E-state index is -1.76. The number of pyridine rings is 1. The van der Waals surface area contributed by atoms with Crippen LogP contribution in [-0.2, 0) is 35.0 Å². The van der Waals surface area contributed by atoms with Crippen molar-refractivity contribution in [3.05, 3.63) is 66.7 Å². The lowest BCUT2D eigenvalue weighted by molar-refractivity contribution is -0.146. The van der Waals surface area contributed by atoms with Gasteiger partial charge in [0.15, 0.2) is 0 Å². The first-order valence-corrected chi connectivity index (χ1v) is 21.4. The number of methoxy groups -OCH3 is 1. The molecular weight excluding hydrogens is 763 g/mol. The number of primary amides is 1. The number of nitrogens with two attached hydrogens (primary N) is 1. The van der Waals surface area contributed by atoms with Gasteiger partial charge in [-0.15, -0.1) is 0 Å². The summed E-state index contributed by atoms with van der Waals surface area (Å²) in [6, 6.07) is 16.3. The summed E-state index contributed by atoms with van der Waals surface area (Å²) in [6.07, 6.45) is 9.82. The number of hydrogen-bond donors (Lipinski definition) is 2. The number of amides is 4. The van der Waals surface area contributed by atoms with Crippen molar-refractivity contribution in [3.63, 3.8) is 0 Å². The number of aromatic nitrogens is 1. The van der Waals surface area contributed by atoms with Crippen molar-refractivity contribution in [1.29, 1.82) is 0 Å². The molecule has 0 spiro atoms. The van der Waals surface area contributed by atoms with E-state index in [0.717, 1.165) is 49.5 Å². The molecule has 1 unspecified atom stereocenters. The SMILES string of the molecule is COc1ccc2c(O[C@@H]3C[C@H]4C(=O)N[C@]5(C(N)=O)C[C@H]5/C=C\CCCCC[C@H](CC(=O)N5CCOCC5)C(=O)N4C3)cc(-c3ccccc3)nc2c1.O=S([O-])C1CC1. The fraction of sp³-hybridized carbons (Fsp3) is 0.512. The molecule has 3 N–H and O–H groups in total. The van der Waals surface area contributed by atoms with Crippen LogP contribution in [0.25, 0.3) is 22.2 Å². The number of rotatable bonds is 8. The van der Waals surface area contributed by atoms with Gasteiger partial charge in [-0.25, -0.2) is 4.98 Å². The Balaban J connectivity index is 0.000000783. The van der Waals surface area contributed by atoms with E-state index in [4.69, 9.17) is 24.9 Å². The standard InChI is InChI=1S/C40H47N5O7.C3H6O2S/c1-50-29-14-15-31-33(21-29)42-32(26-10-7-5-8-11-26)23-35(31)52-30-22-34-37(47)43-40(39(41)49)24-28(40)13-9-4-2-3-6-12-27(38(48)45(34)25-30)20-36(46)44-16-18-51-19-17-44;4-6(5)3-1-2-3/h5,7-11,13-15,21,23,27-28,30,34H,2-4,6,12,16-20,22,24-25H2,1H3,(H2,41,49)(H,43,47);3H,1-2H2,(H,4,5)/p-1/b13-9-;/t27-,28-,30-,34+,40-;/m1./s1. The molecule has 4 fully saturated rings. The van der Waals surface area contributed by atoms with Gasteiger partial charge in [0.2, 0.25) is 23.6 Å². The quantitative estimate of drug-likeness (QED) is 0.248. The van der Waals surface area contributed by atoms with Crippen molar-refractivity contribution in [2.24, 2.45) is 17.6 Å². The van der Waals surface area contributed by atoms with Crippen LogP contribution in [0.3, 0.4) is 0 Å². The molecule has 0 radical (unpaired) electrons. The van der Waals surface area contributed by atoms with E-state index in [-0.39, 0.29) is 42.4 Å². The predicted octanol–water partition coefficient (Wildman–Crippen LogP) is 4.03. The van der Waals surface area contributed by atoms with Crippen LogP contribution in [0.4, 0.5) is 0 Å². The topological polar surface area (TPSA) is 194 Å². The van der Waals surface area contributed by atoms with Gasteiger partial charge in [0.25, 0.3) is 0 Å². The molecule has 4 heterocycles. The first-order chi connectivity index (χ1) is 28.1. The summed E-state index contributed by atoms with van der Waals surface area (Å²) in [5.41, 5.74) is 6.98. The maximum absolute atomic E-state index is 14.6. The third-order valence-electron chi connectivity index (χ3n) is 11.7. The molecule has 3 aliphatic heterocycles. The molecule has 5 aliphatic rings. The van der Waals surface area contributed by atoms with Gasteiger partial charge in [-0.2, -0.15) is 0 Å². The highest BCUT2D eigenvalue weighted by Crippen LogP contribution is 2.45. The molecule has 310 valence electrons. The van der Waals surface area contributed by atoms with Crippen LogP contribution in [0, 0.1) is 11.8 Å². The van der Waals surface area contributed by atoms with Crippen LogP contribution in [0.2, 0.25) is 0 Å². The maximum Gasteiger partial charge on any atom is 0.243 e. The lowest BCUT2D eigenvalue weighted by Gasteiger charge is -2.31. The molecule has 6 atom stereocenters. The monoisotopic (exact) mass is 814 g/mol. The van der Waals surface area contributed by atoms with Gasteiger partial charge in [-0.05, 0) is 50.7 Å². The number of hydrogen-bond acceptors (Lipinski definition) is 10. The van der Waals surface area contributed by atoms with Gasteiger partial charge in [-0.3, -0.25) is 23.4 Å². The predicted molar refractivity (Wildman–Crippen MR) is 216 cm³/mol. The third-order valence-corrected chi connectivity index (χ3v) is 12.7. The van der Waals surface area contributed by atoms with E-state index < -0.39 is 46.5 Å². The highest BCUT2D eigenvalue weighted by Gasteiger charge is 2.60. The van der Waals surface area contributed by atoms with Crippen molar-refractivity contribution in [2.75, 3.05) is 40.0 Å². The highest BCUT2D eigenvalue weighted by molar-refractivity contribution is 7.80. The van der Waals surface area contributed by atoms with Crippen LogP contribution in [0.5, 0.6) is 11.5 Å². The van der Waals surface area contributed by atoms with Crippen molar-refractivity contribution in [2.45, 2.75) is 87.1 Å². The van der Waals surface area contributed by atoms with Gasteiger partial charge in [0.05, 0.1) is 38.1 Å². The number of morpholine rings is 1. The van der Waals surface area contributed by atoms with Crippen LogP contribution < -0.4 is 20.5 Å². The van der Waals surface area contributed by atoms with Crippen molar-refractivity contribution >= 4 is 45.6 Å². The summed E-state index contributed by atoms with van der Waals surface area (Å²) in [5.74, 6) is -0.977. The average Bonchev–Trinajstić information content (AvgIpc) is 4.17. The summed E-state index contributed by atoms with van der Waals surface area (Å²) in [5, 5.41) is 3.74. The number of carbonyl (C=O) groups excluding carboxylic acids is 4. The Morgan fingerprint density at radius 3 is 2.52 bits per heavy atom. The zero-order chi connectivity index (χ0) is 40.8. The molecule has 0 bridgehead atoms. The Hall–Kier alpha value is -4.86. The van der Waals surface area contributed by atoms with Crippen LogP contribution in [-0.4, -0.2) is 110 Å². The molecule has 8 rings (SSSR count). The first kappa shape index (κ1) is 41.3. The Kier molecular flexibility index (Phi) is 13.1. The van der Waals surface area contributed by atoms with E-state index >= 15 is 0 Å². The van der Waals surface area contributed by atoms with E-state index in [1.165, 1.54) is 0 Å². The molecular formula is C43H52N5O9S-. The second-order valence-corrected chi connectivity index (χ2v) is 17.0. The molecule has 14 nitrogen and oxygen atoms in total. The van der Waals surface area contributed by atoms with Gasteiger partial charge >= 0.3 is 0 Å². The van der Waals surface area contributed by atoms with E-state index in [1.54, 1.807) is 16.9 Å². The molecule has 2 aliphatic carbocycles. The number of ether oxygens (including phenoxy) is 3. The smallest absolute Gasteiger partial charge is 0.243 e. The Labute approximate surface area is 341 Å². The zero-order valence-corrected chi connectivity index (χ0v) is 33.7. The second-order valence-electron chi connectivity index (χ2n) is 15.8. The molecule has 15 heteroatoms. The van der Waals surface area contributed by atoms with E-state index in [9.17, 15) is 27.9 Å². The first-order valence-electron chi connectivity index (χ1n) is 20.3. The number of benzene rings is 2. The third kappa shape index (κ3) is 9.70. The molecule has 4 amide bonds. The normalized spacial score (nSPS) is 27.3. The van der Waals surface area contributed by atoms with Crippen LogP contribution >= 0.6 is 0 Å². The minimum Gasteiger partial charge on any atom is -0.772 e. The van der Waals surface area contributed by atoms with Crippen molar-refractivity contribution in [3.8, 4) is 22.8 Å². The van der Waals surface area contributed by atoms with Crippen LogP contribution in [0.15, 0.2) is 66.7 Å². The largest absolute Gasteiger partial charge is 0.772 e. The fourth-order valence-electron chi connectivity index (χ4n) is 8.07. The summed E-state index contributed by atoms with van der Waals surface area (Å²) in [7, 11) is 1.60. The van der Waals surface area contributed by atoms with Gasteiger partial charge in [0.1, 0.15) is 29.2 Å². The average molecular weight is 815 g/mol. The van der Waals surface area contributed by atoms with Crippen LogP contribution in [0.1, 0.15) is 64.2 Å². The molecule has 1 aromatic heterocycles. The van der Waals surface area contributed by atoms with Gasteiger partial charge < -0.3 is 39.6 Å². The Morgan fingerprint density at radius 2 is 1.83 bits per heavy atom. The Bertz CT molecular complexity index is 2040. The molecule has 2 saturated carbocycles. The van der Waals surface area contributed by atoms with Gasteiger partial charge in [0, 0.05) is 66.1 Å². The maximum atomic E-state index is 14.6. The molecule has 2 aromatic carbocycles. The number of carbonyl (C=O) groups is 4. The lowest BCUT2D eigenvalue weighted by atomic mass is 9.94. The fourth-order valence-corrected chi connectivity index (χ4v) is 8.60. The lowest BCUT2D eigenvalue weighted by Crippen LogP contribution is -2.55. The van der Waals surface area contributed by atoms with Crippen molar-refractivity contribution < 1.29 is 42.2 Å². The van der Waals surface area contributed by atoms with Gasteiger partial charge in [-0.1, -0.05) is 66.4 Å². The van der Waals surface area contributed by atoms with E-state index in [0.29, 0.717) is 61.9 Å². The van der Waals surface area contributed by atoms with E-state index in [1.807, 2.05) is 60.7 Å². The van der Waals surface area contributed by atoms with Crippen molar-refractivity contribution in [1.82, 2.24) is 20.1 Å². The number of nitrogens with zero attached hydrogens (tertiary/aromatic N) is 3.